The third kappa shape index (κ3) is 2.80. The van der Waals surface area contributed by atoms with Crippen molar-refractivity contribution in [2.75, 3.05) is 0 Å². The number of carbonyl (C=O) groups is 1. The van der Waals surface area contributed by atoms with Gasteiger partial charge in [-0.05, 0) is 25.3 Å². The highest BCUT2D eigenvalue weighted by molar-refractivity contribution is 5.94. The number of furan rings is 1. The Kier molecular flexibility index (Phi) is 3.83. The lowest BCUT2D eigenvalue weighted by Crippen LogP contribution is -2.31. The minimum atomic E-state index is -0.131. The summed E-state index contributed by atoms with van der Waals surface area (Å²) in [5.74, 6) is 0.602. The zero-order valence-electron chi connectivity index (χ0n) is 13.1. The lowest BCUT2D eigenvalue weighted by atomic mass is 9.92. The molecule has 24 heavy (non-hydrogen) atoms. The lowest BCUT2D eigenvalue weighted by molar-refractivity contribution is 0.0932. The van der Waals surface area contributed by atoms with Crippen molar-refractivity contribution in [3.63, 3.8) is 0 Å². The van der Waals surface area contributed by atoms with Crippen molar-refractivity contribution in [3.05, 3.63) is 71.9 Å². The van der Waals surface area contributed by atoms with E-state index in [1.165, 1.54) is 12.5 Å². The molecule has 1 N–H and O–H groups in total. The summed E-state index contributed by atoms with van der Waals surface area (Å²) >= 11 is 0. The molecule has 0 spiro atoms. The number of amides is 1. The van der Waals surface area contributed by atoms with Crippen molar-refractivity contribution in [2.24, 2.45) is 0 Å². The molecule has 3 aromatic rings. The molecule has 2 aromatic heterocycles. The third-order valence-electron chi connectivity index (χ3n) is 4.30. The molecule has 120 valence electrons. The molecule has 5 heteroatoms. The monoisotopic (exact) mass is 319 g/mol. The summed E-state index contributed by atoms with van der Waals surface area (Å²) < 4.78 is 4.97. The minimum absolute atomic E-state index is 0.0547. The van der Waals surface area contributed by atoms with Gasteiger partial charge in [-0.15, -0.1) is 0 Å². The summed E-state index contributed by atoms with van der Waals surface area (Å²) in [4.78, 5) is 21.5. The molecule has 1 atom stereocenters. The van der Waals surface area contributed by atoms with Crippen LogP contribution in [0.5, 0.6) is 0 Å². The van der Waals surface area contributed by atoms with Gasteiger partial charge in [0.1, 0.15) is 6.26 Å². The first kappa shape index (κ1) is 14.6. The Morgan fingerprint density at radius 2 is 2.08 bits per heavy atom. The highest BCUT2D eigenvalue weighted by Crippen LogP contribution is 2.29. The fourth-order valence-electron chi connectivity index (χ4n) is 3.06. The van der Waals surface area contributed by atoms with E-state index in [0.717, 1.165) is 41.9 Å². The van der Waals surface area contributed by atoms with Gasteiger partial charge in [-0.1, -0.05) is 30.3 Å². The van der Waals surface area contributed by atoms with Crippen LogP contribution in [0.15, 0.2) is 59.5 Å². The van der Waals surface area contributed by atoms with Crippen molar-refractivity contribution < 1.29 is 9.21 Å². The van der Waals surface area contributed by atoms with E-state index < -0.39 is 0 Å². The van der Waals surface area contributed by atoms with Crippen molar-refractivity contribution >= 4 is 5.91 Å². The molecule has 0 fully saturated rings. The third-order valence-corrected chi connectivity index (χ3v) is 4.30. The summed E-state index contributed by atoms with van der Waals surface area (Å²) in [6, 6.07) is 11.5. The number of aryl methyl sites for hydroxylation is 1. The molecule has 5 nitrogen and oxygen atoms in total. The van der Waals surface area contributed by atoms with Gasteiger partial charge in [0.25, 0.3) is 5.91 Å². The molecule has 1 aliphatic carbocycles. The minimum Gasteiger partial charge on any atom is -0.472 e. The van der Waals surface area contributed by atoms with Gasteiger partial charge in [-0.25, -0.2) is 9.97 Å². The second-order valence-electron chi connectivity index (χ2n) is 5.89. The summed E-state index contributed by atoms with van der Waals surface area (Å²) in [7, 11) is 0. The number of fused-ring (bicyclic) bond motifs is 1. The SMILES string of the molecule is O=C(N[C@@H]1CCCc2nc(-c3ccccc3)ncc21)c1ccoc1. The number of hydrogen-bond donors (Lipinski definition) is 1. The summed E-state index contributed by atoms with van der Waals surface area (Å²) in [6.45, 7) is 0. The van der Waals surface area contributed by atoms with E-state index in [0.29, 0.717) is 5.56 Å². The molecule has 0 saturated heterocycles. The predicted octanol–water partition coefficient (Wildman–Crippen LogP) is 3.54. The van der Waals surface area contributed by atoms with Crippen molar-refractivity contribution in [2.45, 2.75) is 25.3 Å². The maximum absolute atomic E-state index is 12.3. The fourth-order valence-corrected chi connectivity index (χ4v) is 3.06. The van der Waals surface area contributed by atoms with Gasteiger partial charge in [-0.2, -0.15) is 0 Å². The van der Waals surface area contributed by atoms with Crippen LogP contribution in [0, 0.1) is 0 Å². The fraction of sp³-hybridized carbons (Fsp3) is 0.211. The molecule has 0 saturated carbocycles. The first-order valence-electron chi connectivity index (χ1n) is 8.05. The molecule has 0 bridgehead atoms. The zero-order chi connectivity index (χ0) is 16.4. The van der Waals surface area contributed by atoms with E-state index in [1.807, 2.05) is 36.5 Å². The lowest BCUT2D eigenvalue weighted by Gasteiger charge is -2.25. The molecule has 1 aromatic carbocycles. The topological polar surface area (TPSA) is 68.0 Å². The Balaban J connectivity index is 1.60. The highest BCUT2D eigenvalue weighted by atomic mass is 16.3. The van der Waals surface area contributed by atoms with Gasteiger partial charge in [0.05, 0.1) is 17.9 Å². The molecular formula is C19H17N3O2. The average molecular weight is 319 g/mol. The Bertz CT molecular complexity index is 844. The maximum Gasteiger partial charge on any atom is 0.255 e. The molecule has 4 rings (SSSR count). The molecule has 2 heterocycles. The van der Waals surface area contributed by atoms with Gasteiger partial charge in [-0.3, -0.25) is 4.79 Å². The number of aromatic nitrogens is 2. The van der Waals surface area contributed by atoms with Crippen molar-refractivity contribution in [1.29, 1.82) is 0 Å². The second-order valence-corrected chi connectivity index (χ2v) is 5.89. The van der Waals surface area contributed by atoms with E-state index in [9.17, 15) is 4.79 Å². The number of nitrogens with one attached hydrogen (secondary N) is 1. The summed E-state index contributed by atoms with van der Waals surface area (Å²) in [5, 5.41) is 3.06. The van der Waals surface area contributed by atoms with E-state index in [-0.39, 0.29) is 11.9 Å². The molecular weight excluding hydrogens is 302 g/mol. The van der Waals surface area contributed by atoms with Gasteiger partial charge in [0.2, 0.25) is 0 Å². The average Bonchev–Trinajstić information content (AvgIpc) is 3.17. The molecule has 1 aliphatic rings. The largest absolute Gasteiger partial charge is 0.472 e. The quantitative estimate of drug-likeness (QED) is 0.801. The maximum atomic E-state index is 12.3. The van der Waals surface area contributed by atoms with Crippen LogP contribution in [0.25, 0.3) is 11.4 Å². The van der Waals surface area contributed by atoms with E-state index >= 15 is 0 Å². The molecule has 1 amide bonds. The Morgan fingerprint density at radius 3 is 2.88 bits per heavy atom. The van der Waals surface area contributed by atoms with Crippen LogP contribution < -0.4 is 5.32 Å². The van der Waals surface area contributed by atoms with Gasteiger partial charge >= 0.3 is 0 Å². The van der Waals surface area contributed by atoms with Crippen molar-refractivity contribution in [1.82, 2.24) is 15.3 Å². The first-order valence-corrected chi connectivity index (χ1v) is 8.05. The Hall–Kier alpha value is -2.95. The van der Waals surface area contributed by atoms with E-state index in [1.54, 1.807) is 6.07 Å². The highest BCUT2D eigenvalue weighted by Gasteiger charge is 2.24. The van der Waals surface area contributed by atoms with Crippen LogP contribution in [-0.2, 0) is 6.42 Å². The molecule has 0 unspecified atom stereocenters. The number of nitrogens with zero attached hydrogens (tertiary/aromatic N) is 2. The van der Waals surface area contributed by atoms with Crippen LogP contribution in [0.3, 0.4) is 0 Å². The molecule has 0 radical (unpaired) electrons. The standard InChI is InChI=1S/C19H17N3O2/c23-19(14-9-10-24-12-14)22-17-8-4-7-16-15(17)11-20-18(21-16)13-5-2-1-3-6-13/h1-3,5-6,9-12,17H,4,7-8H2,(H,22,23)/t17-/m1/s1. The normalized spacial score (nSPS) is 16.4. The van der Waals surface area contributed by atoms with Crippen LogP contribution >= 0.6 is 0 Å². The Labute approximate surface area is 139 Å². The van der Waals surface area contributed by atoms with Crippen LogP contribution in [0.2, 0.25) is 0 Å². The number of benzene rings is 1. The molecule has 0 aliphatic heterocycles. The van der Waals surface area contributed by atoms with Crippen LogP contribution in [0.4, 0.5) is 0 Å². The van der Waals surface area contributed by atoms with E-state index in [4.69, 9.17) is 9.40 Å². The van der Waals surface area contributed by atoms with Crippen LogP contribution in [0.1, 0.15) is 40.5 Å². The smallest absolute Gasteiger partial charge is 0.255 e. The summed E-state index contributed by atoms with van der Waals surface area (Å²) in [6.07, 6.45) is 7.60. The van der Waals surface area contributed by atoms with Crippen molar-refractivity contribution in [3.8, 4) is 11.4 Å². The zero-order valence-corrected chi connectivity index (χ0v) is 13.1. The van der Waals surface area contributed by atoms with Gasteiger partial charge in [0, 0.05) is 23.0 Å². The Morgan fingerprint density at radius 1 is 1.21 bits per heavy atom. The number of carbonyl (C=O) groups excluding carboxylic acids is 1. The number of hydrogen-bond acceptors (Lipinski definition) is 4. The van der Waals surface area contributed by atoms with Crippen LogP contribution in [-0.4, -0.2) is 15.9 Å². The second kappa shape index (κ2) is 6.28. The summed E-state index contributed by atoms with van der Waals surface area (Å²) in [5.41, 5.74) is 3.57. The van der Waals surface area contributed by atoms with Gasteiger partial charge < -0.3 is 9.73 Å². The first-order chi connectivity index (χ1) is 11.8. The van der Waals surface area contributed by atoms with Gasteiger partial charge in [0.15, 0.2) is 5.82 Å². The van der Waals surface area contributed by atoms with E-state index in [2.05, 4.69) is 10.3 Å². The predicted molar refractivity (Wildman–Crippen MR) is 89.3 cm³/mol. The number of rotatable bonds is 3.